The third-order valence-electron chi connectivity index (χ3n) is 15.8. The molecule has 0 amide bonds. The fourth-order valence-corrected chi connectivity index (χ4v) is 17.3. The van der Waals surface area contributed by atoms with E-state index in [0.717, 1.165) is 102 Å². The molecule has 0 bridgehead atoms. The van der Waals surface area contributed by atoms with Crippen molar-refractivity contribution in [2.24, 2.45) is 0 Å². The first-order chi connectivity index (χ1) is 37.6. The first kappa shape index (κ1) is 42.3. The van der Waals surface area contributed by atoms with E-state index in [1.165, 1.54) is 50.4 Å². The van der Waals surface area contributed by atoms with E-state index in [-0.39, 0.29) is 0 Å². The van der Waals surface area contributed by atoms with Crippen LogP contribution in [-0.4, -0.2) is 9.13 Å². The van der Waals surface area contributed by atoms with E-state index in [9.17, 15) is 11.8 Å². The third-order valence-corrected chi connectivity index (χ3v) is 20.5. The predicted octanol–water partition coefficient (Wildman–Crippen LogP) is 21.1. The van der Waals surface area contributed by atoms with Crippen LogP contribution in [0.15, 0.2) is 206 Å². The quantitative estimate of drug-likeness (QED) is 0.162. The zero-order valence-electron chi connectivity index (χ0n) is 40.1. The largest absolute Gasteiger partial charge is 0.317 e. The Morgan fingerprint density at radius 2 is 0.737 bits per heavy atom. The van der Waals surface area contributed by atoms with Gasteiger partial charge >= 0.3 is 0 Å². The molecular weight excluding hydrogens is 1000 g/mol. The summed E-state index contributed by atoms with van der Waals surface area (Å²) in [6.45, 7) is 9.73. The van der Waals surface area contributed by atoms with Crippen LogP contribution in [0.2, 0.25) is 0 Å². The number of nitrogens with zero attached hydrogens (tertiary/aromatic N) is 4. The lowest BCUT2D eigenvalue weighted by atomic mass is 9.88. The fourth-order valence-electron chi connectivity index (χ4n) is 12.6. The smallest absolute Gasteiger partial charge is 0.220 e. The highest BCUT2D eigenvalue weighted by molar-refractivity contribution is 7.27. The van der Waals surface area contributed by atoms with Gasteiger partial charge < -0.3 is 9.13 Å². The van der Waals surface area contributed by atoms with Crippen LogP contribution in [0.1, 0.15) is 5.56 Å². The van der Waals surface area contributed by atoms with Crippen molar-refractivity contribution in [2.45, 2.75) is 0 Å². The molecule has 350 valence electrons. The average molecular weight is 1040 g/mol. The van der Waals surface area contributed by atoms with E-state index in [0.29, 0.717) is 16.8 Å². The van der Waals surface area contributed by atoms with Crippen molar-refractivity contribution in [1.29, 1.82) is 5.26 Å². The van der Waals surface area contributed by atoms with Gasteiger partial charge in [-0.2, -0.15) is 5.26 Å². The standard InChI is InChI=1S/C68H34N4S4/c1-70-62-60(37-26-32-58-49(34-37)43-18-6-10-22-54(43)73-58)51(36-69)63(71-52-20-8-2-14-39(52)45-28-30-47-41-16-4-12-24-56(41)75-67(47)64(45)71)61(38-27-33-59-50(35-38)44-19-7-11-23-55(44)74-59)66(62)72-53-21-9-3-15-40(53)46-29-31-48-42-17-5-13-25-57(42)76-68(48)65(46)72/h2-35H. The summed E-state index contributed by atoms with van der Waals surface area (Å²) in [5.74, 6) is 0. The molecule has 6 aromatic heterocycles. The highest BCUT2D eigenvalue weighted by atomic mass is 32.1. The lowest BCUT2D eigenvalue weighted by Gasteiger charge is -2.26. The number of thiophene rings is 4. The van der Waals surface area contributed by atoms with Crippen molar-refractivity contribution in [3.8, 4) is 39.7 Å². The van der Waals surface area contributed by atoms with E-state index in [1.54, 1.807) is 45.3 Å². The van der Waals surface area contributed by atoms with E-state index in [2.05, 4.69) is 221 Å². The summed E-state index contributed by atoms with van der Waals surface area (Å²) in [5, 5.41) is 26.2. The second-order valence-corrected chi connectivity index (χ2v) is 23.9. The summed E-state index contributed by atoms with van der Waals surface area (Å²) < 4.78 is 14.3. The summed E-state index contributed by atoms with van der Waals surface area (Å²) in [6, 6.07) is 77.3. The van der Waals surface area contributed by atoms with Crippen LogP contribution in [0.4, 0.5) is 5.69 Å². The molecule has 17 aromatic rings. The van der Waals surface area contributed by atoms with Crippen LogP contribution in [0.3, 0.4) is 0 Å². The van der Waals surface area contributed by atoms with E-state index < -0.39 is 0 Å². The zero-order valence-corrected chi connectivity index (χ0v) is 43.3. The van der Waals surface area contributed by atoms with E-state index in [1.807, 2.05) is 0 Å². The van der Waals surface area contributed by atoms with Crippen molar-refractivity contribution in [1.82, 2.24) is 9.13 Å². The highest BCUT2D eigenvalue weighted by Crippen LogP contribution is 2.55. The Hall–Kier alpha value is -9.12. The summed E-state index contributed by atoms with van der Waals surface area (Å²) in [7, 11) is 0. The number of fused-ring (bicyclic) bond motifs is 20. The minimum absolute atomic E-state index is 0.429. The van der Waals surface area contributed by atoms with Gasteiger partial charge in [0.15, 0.2) is 0 Å². The molecule has 76 heavy (non-hydrogen) atoms. The van der Waals surface area contributed by atoms with Gasteiger partial charge in [0.2, 0.25) is 5.69 Å². The molecule has 0 aliphatic carbocycles. The second-order valence-electron chi connectivity index (χ2n) is 19.6. The molecule has 0 radical (unpaired) electrons. The normalized spacial score (nSPS) is 12.2. The summed E-state index contributed by atoms with van der Waals surface area (Å²) >= 11 is 7.17. The molecular formula is C68H34N4S4. The van der Waals surface area contributed by atoms with Gasteiger partial charge in [-0.3, -0.25) is 0 Å². The number of benzene rings is 11. The van der Waals surface area contributed by atoms with Gasteiger partial charge in [-0.1, -0.05) is 146 Å². The van der Waals surface area contributed by atoms with Crippen LogP contribution in [0, 0.1) is 17.9 Å². The molecule has 11 aromatic carbocycles. The minimum Gasteiger partial charge on any atom is -0.317 e. The third kappa shape index (κ3) is 5.63. The molecule has 6 heterocycles. The monoisotopic (exact) mass is 1030 g/mol. The Morgan fingerprint density at radius 3 is 1.21 bits per heavy atom. The molecule has 0 saturated heterocycles. The van der Waals surface area contributed by atoms with Crippen molar-refractivity contribution >= 4 is 175 Å². The molecule has 0 atom stereocenters. The van der Waals surface area contributed by atoms with Gasteiger partial charge in [-0.25, -0.2) is 4.85 Å². The summed E-state index contributed by atoms with van der Waals surface area (Å²) in [6.07, 6.45) is 0. The van der Waals surface area contributed by atoms with Crippen molar-refractivity contribution in [2.75, 3.05) is 0 Å². The first-order valence-electron chi connectivity index (χ1n) is 25.2. The van der Waals surface area contributed by atoms with Crippen molar-refractivity contribution < 1.29 is 0 Å². The predicted molar refractivity (Wildman–Crippen MR) is 329 cm³/mol. The Morgan fingerprint density at radius 1 is 0.355 bits per heavy atom. The van der Waals surface area contributed by atoms with Crippen LogP contribution in [-0.2, 0) is 0 Å². The van der Waals surface area contributed by atoms with Gasteiger partial charge in [-0.05, 0) is 71.8 Å². The Kier molecular flexibility index (Phi) is 8.73. The first-order valence-corrected chi connectivity index (χ1v) is 28.4. The van der Waals surface area contributed by atoms with Crippen LogP contribution < -0.4 is 0 Å². The van der Waals surface area contributed by atoms with Crippen LogP contribution >= 0.6 is 45.3 Å². The van der Waals surface area contributed by atoms with Gasteiger partial charge in [-0.15, -0.1) is 45.3 Å². The minimum atomic E-state index is 0.429. The van der Waals surface area contributed by atoms with Crippen molar-refractivity contribution in [3.63, 3.8) is 0 Å². The Balaban J connectivity index is 1.17. The van der Waals surface area contributed by atoms with Gasteiger partial charge in [0, 0.05) is 104 Å². The van der Waals surface area contributed by atoms with Crippen LogP contribution in [0.5, 0.6) is 0 Å². The maximum atomic E-state index is 12.5. The zero-order chi connectivity index (χ0) is 49.9. The molecule has 4 nitrogen and oxygen atoms in total. The average Bonchev–Trinajstić information content (AvgIpc) is 4.44. The highest BCUT2D eigenvalue weighted by Gasteiger charge is 2.33. The van der Waals surface area contributed by atoms with Gasteiger partial charge in [0.25, 0.3) is 0 Å². The van der Waals surface area contributed by atoms with E-state index >= 15 is 0 Å². The number of nitriles is 1. The fraction of sp³-hybridized carbons (Fsp3) is 0. The maximum absolute atomic E-state index is 12.5. The molecule has 0 unspecified atom stereocenters. The molecule has 0 fully saturated rings. The maximum Gasteiger partial charge on any atom is 0.220 e. The molecule has 0 aliphatic heterocycles. The van der Waals surface area contributed by atoms with Crippen molar-refractivity contribution in [3.05, 3.63) is 223 Å². The molecule has 17 rings (SSSR count). The topological polar surface area (TPSA) is 38.0 Å². The van der Waals surface area contributed by atoms with Gasteiger partial charge in [0.1, 0.15) is 6.07 Å². The molecule has 0 saturated carbocycles. The number of aromatic nitrogens is 2. The van der Waals surface area contributed by atoms with E-state index in [4.69, 9.17) is 4.85 Å². The summed E-state index contributed by atoms with van der Waals surface area (Å²) in [5.41, 5.74) is 9.65. The number of hydrogen-bond donors (Lipinski definition) is 0. The molecule has 0 spiro atoms. The molecule has 0 N–H and O–H groups in total. The van der Waals surface area contributed by atoms with Gasteiger partial charge in [0.05, 0.1) is 55.0 Å². The number of hydrogen-bond acceptors (Lipinski definition) is 5. The Bertz CT molecular complexity index is 5300. The second kappa shape index (κ2) is 15.7. The number of rotatable bonds is 4. The Labute approximate surface area is 449 Å². The summed E-state index contributed by atoms with van der Waals surface area (Å²) in [4.78, 5) is 4.77. The molecule has 0 aliphatic rings. The SMILES string of the molecule is [C-]#[N+]c1c(-c2ccc3sc4ccccc4c3c2)c(C#N)c(-n2c3ccccc3c3ccc4c5ccccc5sc4c32)c(-c2ccc3sc4ccccc4c3c2)c1-n1c2ccccc2c2ccc3c4ccccc4sc3c21. The lowest BCUT2D eigenvalue weighted by molar-refractivity contribution is 1.14. The number of para-hydroxylation sites is 2. The molecule has 8 heteroatoms. The lowest BCUT2D eigenvalue weighted by Crippen LogP contribution is -2.09. The van der Waals surface area contributed by atoms with Crippen LogP contribution in [0.25, 0.3) is 163 Å².